The van der Waals surface area contributed by atoms with Gasteiger partial charge in [-0.05, 0) is 35.9 Å². The van der Waals surface area contributed by atoms with E-state index in [4.69, 9.17) is 5.11 Å². The molecule has 0 aliphatic rings. The van der Waals surface area contributed by atoms with Crippen molar-refractivity contribution in [3.8, 4) is 0 Å². The molecule has 0 aromatic heterocycles. The highest BCUT2D eigenvalue weighted by Gasteiger charge is 2.22. The van der Waals surface area contributed by atoms with E-state index < -0.39 is 5.97 Å². The number of carbonyl (C=O) groups excluding carboxylic acids is 1. The van der Waals surface area contributed by atoms with E-state index in [9.17, 15) is 14.0 Å². The Labute approximate surface area is 206 Å². The molecule has 2 aromatic carbocycles. The van der Waals surface area contributed by atoms with E-state index >= 15 is 0 Å². The Hall–Kier alpha value is -3.99. The van der Waals surface area contributed by atoms with Crippen molar-refractivity contribution in [1.29, 1.82) is 0 Å². The van der Waals surface area contributed by atoms with E-state index in [0.717, 1.165) is 16.5 Å². The van der Waals surface area contributed by atoms with E-state index in [0.29, 0.717) is 11.0 Å². The van der Waals surface area contributed by atoms with Gasteiger partial charge in [0.2, 0.25) is 0 Å². The average Bonchev–Trinajstić information content (AvgIpc) is 2.83. The number of fused-ring (bicyclic) bond motifs is 1. The summed E-state index contributed by atoms with van der Waals surface area (Å²) in [5.74, 6) is -1.66. The molecule has 182 valence electrons. The minimum atomic E-state index is -0.978. The molecule has 0 spiro atoms. The summed E-state index contributed by atoms with van der Waals surface area (Å²) >= 11 is 0. The molecule has 0 saturated heterocycles. The van der Waals surface area contributed by atoms with Crippen LogP contribution in [-0.4, -0.2) is 23.5 Å². The maximum atomic E-state index is 14.5. The van der Waals surface area contributed by atoms with Crippen LogP contribution in [0.25, 0.3) is 10.8 Å². The van der Waals surface area contributed by atoms with Gasteiger partial charge in [0, 0.05) is 23.4 Å². The molecule has 0 bridgehead atoms. The molecule has 1 amide bonds. The molecule has 0 fully saturated rings. The molecule has 0 aliphatic heterocycles. The summed E-state index contributed by atoms with van der Waals surface area (Å²) in [6.45, 7) is 11.5. The number of hydrogen-bond donors (Lipinski definition) is 2. The molecule has 0 radical (unpaired) electrons. The van der Waals surface area contributed by atoms with Crippen molar-refractivity contribution >= 4 is 22.6 Å². The van der Waals surface area contributed by atoms with Crippen molar-refractivity contribution in [2.75, 3.05) is 6.54 Å². The van der Waals surface area contributed by atoms with E-state index in [-0.39, 0.29) is 36.5 Å². The smallest absolute Gasteiger partial charge is 0.305 e. The van der Waals surface area contributed by atoms with Gasteiger partial charge in [0.25, 0.3) is 5.91 Å². The summed E-state index contributed by atoms with van der Waals surface area (Å²) in [7, 11) is 0. The van der Waals surface area contributed by atoms with Crippen LogP contribution in [-0.2, 0) is 9.59 Å². The highest BCUT2D eigenvalue weighted by atomic mass is 19.1. The molecule has 35 heavy (non-hydrogen) atoms. The number of allylic oxidation sites excluding steroid dienone is 8. The molecule has 0 saturated carbocycles. The SMILES string of the molecule is C=C/C=C\C=C(/C)C(c1ccc(F)c2ccccc12)C(C)/C=C/C=C(\C=C)C(=O)NCCC(=O)O. The second kappa shape index (κ2) is 13.7. The Morgan fingerprint density at radius 2 is 1.77 bits per heavy atom. The number of aliphatic carboxylic acids is 1. The maximum absolute atomic E-state index is 14.5. The lowest BCUT2D eigenvalue weighted by Gasteiger charge is -2.25. The number of halogens is 1. The molecule has 2 rings (SSSR count). The van der Waals surface area contributed by atoms with Crippen molar-refractivity contribution in [3.05, 3.63) is 121 Å². The molecule has 0 heterocycles. The topological polar surface area (TPSA) is 66.4 Å². The van der Waals surface area contributed by atoms with Crippen molar-refractivity contribution in [2.24, 2.45) is 5.92 Å². The Kier molecular flexibility index (Phi) is 10.6. The number of nitrogens with one attached hydrogen (secondary N) is 1. The third-order valence-electron chi connectivity index (χ3n) is 5.66. The summed E-state index contributed by atoms with van der Waals surface area (Å²) < 4.78 is 14.5. The second-order valence-corrected chi connectivity index (χ2v) is 8.16. The number of carboxylic acids is 1. The number of carboxylic acid groups (broad SMARTS) is 1. The zero-order chi connectivity index (χ0) is 25.8. The lowest BCUT2D eigenvalue weighted by atomic mass is 9.79. The van der Waals surface area contributed by atoms with Gasteiger partial charge in [0.05, 0.1) is 6.42 Å². The summed E-state index contributed by atoms with van der Waals surface area (Å²) in [6.07, 6.45) is 14.2. The van der Waals surface area contributed by atoms with E-state index in [1.54, 1.807) is 24.3 Å². The van der Waals surface area contributed by atoms with Crippen LogP contribution in [0, 0.1) is 11.7 Å². The highest BCUT2D eigenvalue weighted by Crippen LogP contribution is 2.37. The van der Waals surface area contributed by atoms with Crippen LogP contribution in [0.15, 0.2) is 109 Å². The average molecular weight is 474 g/mol. The van der Waals surface area contributed by atoms with Crippen LogP contribution < -0.4 is 5.32 Å². The van der Waals surface area contributed by atoms with Crippen molar-refractivity contribution < 1.29 is 19.1 Å². The second-order valence-electron chi connectivity index (χ2n) is 8.16. The molecule has 4 nitrogen and oxygen atoms in total. The molecular formula is C30H32FNO3. The summed E-state index contributed by atoms with van der Waals surface area (Å²) in [5.41, 5.74) is 2.44. The van der Waals surface area contributed by atoms with Gasteiger partial charge in [-0.3, -0.25) is 9.59 Å². The first-order valence-electron chi connectivity index (χ1n) is 11.4. The summed E-state index contributed by atoms with van der Waals surface area (Å²) in [6, 6.07) is 10.8. The molecule has 2 aromatic rings. The Morgan fingerprint density at radius 1 is 1.06 bits per heavy atom. The minimum absolute atomic E-state index is 0.00892. The number of benzene rings is 2. The van der Waals surface area contributed by atoms with E-state index in [2.05, 4.69) is 25.4 Å². The number of rotatable bonds is 12. The molecule has 5 heteroatoms. The van der Waals surface area contributed by atoms with Crippen LogP contribution in [0.3, 0.4) is 0 Å². The zero-order valence-corrected chi connectivity index (χ0v) is 20.2. The van der Waals surface area contributed by atoms with Crippen molar-refractivity contribution in [2.45, 2.75) is 26.2 Å². The van der Waals surface area contributed by atoms with Crippen molar-refractivity contribution in [3.63, 3.8) is 0 Å². The van der Waals surface area contributed by atoms with E-state index in [1.807, 2.05) is 55.5 Å². The normalized spacial score (nSPS) is 14.3. The number of amides is 1. The zero-order valence-electron chi connectivity index (χ0n) is 20.2. The van der Waals surface area contributed by atoms with Gasteiger partial charge in [0.15, 0.2) is 0 Å². The largest absolute Gasteiger partial charge is 0.481 e. The van der Waals surface area contributed by atoms with Crippen LogP contribution >= 0.6 is 0 Å². The van der Waals surface area contributed by atoms with Gasteiger partial charge in [-0.2, -0.15) is 0 Å². The van der Waals surface area contributed by atoms with Crippen LogP contribution in [0.5, 0.6) is 0 Å². The van der Waals surface area contributed by atoms with Crippen LogP contribution in [0.4, 0.5) is 4.39 Å². The fourth-order valence-corrected chi connectivity index (χ4v) is 3.96. The van der Waals surface area contributed by atoms with Gasteiger partial charge >= 0.3 is 5.97 Å². The Morgan fingerprint density at radius 3 is 2.43 bits per heavy atom. The Balaban J connectivity index is 2.40. The summed E-state index contributed by atoms with van der Waals surface area (Å²) in [5, 5.41) is 12.7. The minimum Gasteiger partial charge on any atom is -0.481 e. The maximum Gasteiger partial charge on any atom is 0.305 e. The monoisotopic (exact) mass is 473 g/mol. The molecule has 2 atom stereocenters. The van der Waals surface area contributed by atoms with Gasteiger partial charge < -0.3 is 10.4 Å². The van der Waals surface area contributed by atoms with Gasteiger partial charge in [-0.15, -0.1) is 0 Å². The quantitative estimate of drug-likeness (QED) is 0.268. The first kappa shape index (κ1) is 27.3. The number of hydrogen-bond acceptors (Lipinski definition) is 2. The predicted octanol–water partition coefficient (Wildman–Crippen LogP) is 6.65. The third kappa shape index (κ3) is 7.78. The predicted molar refractivity (Wildman–Crippen MR) is 142 cm³/mol. The standard InChI is InChI=1S/C30H32FNO3/c1-5-7-8-12-21(3)29(26-17-18-27(31)25-16-10-9-15-24(25)26)22(4)13-11-14-23(6-2)30(35)32-20-19-28(33)34/h5-18,22,29H,1-2,19-20H2,3-4H3,(H,32,35)(H,33,34)/b8-7-,13-11+,21-12+,23-14+. The third-order valence-corrected chi connectivity index (χ3v) is 5.66. The van der Waals surface area contributed by atoms with Gasteiger partial charge in [-0.25, -0.2) is 4.39 Å². The molecule has 2 N–H and O–H groups in total. The van der Waals surface area contributed by atoms with Crippen LogP contribution in [0.2, 0.25) is 0 Å². The fraction of sp³-hybridized carbons (Fsp3) is 0.200. The summed E-state index contributed by atoms with van der Waals surface area (Å²) in [4.78, 5) is 22.9. The van der Waals surface area contributed by atoms with Crippen molar-refractivity contribution in [1.82, 2.24) is 5.32 Å². The van der Waals surface area contributed by atoms with Gasteiger partial charge in [0.1, 0.15) is 5.82 Å². The molecular weight excluding hydrogens is 441 g/mol. The number of carbonyl (C=O) groups is 2. The lowest BCUT2D eigenvalue weighted by molar-refractivity contribution is -0.136. The van der Waals surface area contributed by atoms with Crippen LogP contribution in [0.1, 0.15) is 31.7 Å². The molecule has 0 aliphatic carbocycles. The Bertz CT molecular complexity index is 1200. The fourth-order valence-electron chi connectivity index (χ4n) is 3.96. The van der Waals surface area contributed by atoms with Gasteiger partial charge in [-0.1, -0.05) is 98.5 Å². The van der Waals surface area contributed by atoms with E-state index in [1.165, 1.54) is 12.1 Å². The first-order valence-corrected chi connectivity index (χ1v) is 11.4. The lowest BCUT2D eigenvalue weighted by Crippen LogP contribution is -2.26. The highest BCUT2D eigenvalue weighted by molar-refractivity contribution is 5.96. The molecule has 2 unspecified atom stereocenters. The first-order chi connectivity index (χ1) is 16.8.